The van der Waals surface area contributed by atoms with Gasteiger partial charge < -0.3 is 9.73 Å². The predicted molar refractivity (Wildman–Crippen MR) is 88.6 cm³/mol. The van der Waals surface area contributed by atoms with Crippen molar-refractivity contribution >= 4 is 11.8 Å². The number of hydrogen-bond donors (Lipinski definition) is 1. The van der Waals surface area contributed by atoms with Crippen molar-refractivity contribution in [2.24, 2.45) is 0 Å². The molecule has 0 unspecified atom stereocenters. The average molecular weight is 304 g/mol. The van der Waals surface area contributed by atoms with Gasteiger partial charge in [-0.25, -0.2) is 4.98 Å². The Morgan fingerprint density at radius 2 is 1.86 bits per heavy atom. The Kier molecular flexibility index (Phi) is 5.12. The molecule has 2 heterocycles. The van der Waals surface area contributed by atoms with Crippen LogP contribution < -0.4 is 5.32 Å². The van der Waals surface area contributed by atoms with Crippen LogP contribution in [0, 0.1) is 13.8 Å². The molecule has 4 heteroatoms. The number of furan rings is 1. The van der Waals surface area contributed by atoms with Crippen molar-refractivity contribution in [1.82, 2.24) is 10.3 Å². The van der Waals surface area contributed by atoms with Gasteiger partial charge in [0, 0.05) is 11.2 Å². The lowest BCUT2D eigenvalue weighted by atomic mass is 10.1. The summed E-state index contributed by atoms with van der Waals surface area (Å²) in [6, 6.07) is 8.30. The van der Waals surface area contributed by atoms with Crippen LogP contribution in [-0.4, -0.2) is 10.5 Å². The van der Waals surface area contributed by atoms with E-state index in [4.69, 9.17) is 4.42 Å². The summed E-state index contributed by atoms with van der Waals surface area (Å²) in [5, 5.41) is 4.48. The zero-order chi connectivity index (χ0) is 15.5. The normalized spacial score (nSPS) is 11.9. The van der Waals surface area contributed by atoms with Gasteiger partial charge in [-0.15, -0.1) is 0 Å². The molecule has 0 aromatic carbocycles. The van der Waals surface area contributed by atoms with E-state index in [0.717, 1.165) is 34.5 Å². The zero-order valence-corrected chi connectivity index (χ0v) is 14.3. The van der Waals surface area contributed by atoms with Gasteiger partial charge in [0.1, 0.15) is 11.5 Å². The predicted octanol–water partition coefficient (Wildman–Crippen LogP) is 4.47. The monoisotopic (exact) mass is 304 g/mol. The summed E-state index contributed by atoms with van der Waals surface area (Å²) < 4.78 is 5.85. The summed E-state index contributed by atoms with van der Waals surface area (Å²) in [5.41, 5.74) is 2.41. The summed E-state index contributed by atoms with van der Waals surface area (Å²) >= 11 is 1.71. The first-order valence-corrected chi connectivity index (χ1v) is 8.21. The lowest BCUT2D eigenvalue weighted by molar-refractivity contribution is 0.382. The molecule has 2 rings (SSSR count). The Hall–Kier alpha value is -1.26. The van der Waals surface area contributed by atoms with E-state index in [1.807, 2.05) is 13.0 Å². The molecular weight excluding hydrogens is 280 g/mol. The van der Waals surface area contributed by atoms with Crippen LogP contribution in [0.4, 0.5) is 0 Å². The van der Waals surface area contributed by atoms with E-state index in [-0.39, 0.29) is 5.54 Å². The standard InChI is InChI=1S/C17H24N2OS/c1-12-8-13(2)19-16(9-12)21-11-15-7-6-14(20-15)10-18-17(3,4)5/h6-9,18H,10-11H2,1-5H3. The van der Waals surface area contributed by atoms with Crippen molar-refractivity contribution < 1.29 is 4.42 Å². The fourth-order valence-electron chi connectivity index (χ4n) is 1.97. The van der Waals surface area contributed by atoms with Crippen molar-refractivity contribution in [3.63, 3.8) is 0 Å². The minimum absolute atomic E-state index is 0.102. The Morgan fingerprint density at radius 1 is 1.14 bits per heavy atom. The number of nitrogens with one attached hydrogen (secondary N) is 1. The van der Waals surface area contributed by atoms with Gasteiger partial charge in [0.05, 0.1) is 17.3 Å². The molecule has 2 aromatic heterocycles. The van der Waals surface area contributed by atoms with E-state index < -0.39 is 0 Å². The summed E-state index contributed by atoms with van der Waals surface area (Å²) in [6.07, 6.45) is 0. The van der Waals surface area contributed by atoms with Gasteiger partial charge in [-0.1, -0.05) is 11.8 Å². The molecule has 114 valence electrons. The first-order valence-electron chi connectivity index (χ1n) is 7.22. The van der Waals surface area contributed by atoms with Crippen LogP contribution in [0.5, 0.6) is 0 Å². The molecule has 0 aliphatic rings. The molecule has 0 fully saturated rings. The van der Waals surface area contributed by atoms with Gasteiger partial charge >= 0.3 is 0 Å². The highest BCUT2D eigenvalue weighted by atomic mass is 32.2. The van der Waals surface area contributed by atoms with Crippen molar-refractivity contribution in [3.8, 4) is 0 Å². The molecule has 0 aliphatic heterocycles. The maximum absolute atomic E-state index is 5.85. The zero-order valence-electron chi connectivity index (χ0n) is 13.5. The van der Waals surface area contributed by atoms with Crippen molar-refractivity contribution in [2.75, 3.05) is 0 Å². The highest BCUT2D eigenvalue weighted by molar-refractivity contribution is 7.98. The third-order valence-electron chi connectivity index (χ3n) is 2.95. The van der Waals surface area contributed by atoms with E-state index in [2.05, 4.69) is 56.2 Å². The summed E-state index contributed by atoms with van der Waals surface area (Å²) in [7, 11) is 0. The van der Waals surface area contributed by atoms with Gasteiger partial charge in [0.25, 0.3) is 0 Å². The van der Waals surface area contributed by atoms with Crippen molar-refractivity contribution in [2.45, 2.75) is 57.5 Å². The van der Waals surface area contributed by atoms with Crippen LogP contribution in [-0.2, 0) is 12.3 Å². The van der Waals surface area contributed by atoms with E-state index in [1.54, 1.807) is 11.8 Å². The fraction of sp³-hybridized carbons (Fsp3) is 0.471. The van der Waals surface area contributed by atoms with Gasteiger partial charge in [0.2, 0.25) is 0 Å². The molecule has 0 spiro atoms. The molecule has 0 atom stereocenters. The smallest absolute Gasteiger partial charge is 0.118 e. The molecule has 3 nitrogen and oxygen atoms in total. The molecule has 0 amide bonds. The Labute approximate surface area is 131 Å². The molecule has 0 radical (unpaired) electrons. The van der Waals surface area contributed by atoms with Crippen LogP contribution in [0.1, 0.15) is 43.5 Å². The molecule has 0 aliphatic carbocycles. The topological polar surface area (TPSA) is 38.1 Å². The Morgan fingerprint density at radius 3 is 2.52 bits per heavy atom. The Bertz CT molecular complexity index is 579. The quantitative estimate of drug-likeness (QED) is 0.827. The number of nitrogens with zero attached hydrogens (tertiary/aromatic N) is 1. The van der Waals surface area contributed by atoms with Crippen molar-refractivity contribution in [3.05, 3.63) is 47.0 Å². The van der Waals surface area contributed by atoms with Gasteiger partial charge in [-0.3, -0.25) is 0 Å². The Balaban J connectivity index is 1.90. The fourth-order valence-corrected chi connectivity index (χ4v) is 2.89. The van der Waals surface area contributed by atoms with Crippen LogP contribution in [0.3, 0.4) is 0 Å². The average Bonchev–Trinajstić information content (AvgIpc) is 2.80. The maximum Gasteiger partial charge on any atom is 0.118 e. The molecule has 0 bridgehead atoms. The number of thioether (sulfide) groups is 1. The summed E-state index contributed by atoms with van der Waals surface area (Å²) in [4.78, 5) is 4.53. The molecule has 0 saturated carbocycles. The third kappa shape index (κ3) is 5.56. The van der Waals surface area contributed by atoms with E-state index in [9.17, 15) is 0 Å². The number of rotatable bonds is 5. The molecule has 21 heavy (non-hydrogen) atoms. The highest BCUT2D eigenvalue weighted by Crippen LogP contribution is 2.23. The second-order valence-corrected chi connectivity index (χ2v) is 7.38. The lowest BCUT2D eigenvalue weighted by Crippen LogP contribution is -2.34. The number of aryl methyl sites for hydroxylation is 2. The number of aromatic nitrogens is 1. The number of pyridine rings is 1. The first-order chi connectivity index (χ1) is 9.82. The second kappa shape index (κ2) is 6.67. The highest BCUT2D eigenvalue weighted by Gasteiger charge is 2.10. The first kappa shape index (κ1) is 16.1. The molecule has 2 aromatic rings. The van der Waals surface area contributed by atoms with Crippen LogP contribution in [0.15, 0.2) is 33.7 Å². The van der Waals surface area contributed by atoms with Gasteiger partial charge in [-0.2, -0.15) is 0 Å². The third-order valence-corrected chi connectivity index (χ3v) is 3.88. The van der Waals surface area contributed by atoms with Crippen LogP contribution >= 0.6 is 11.8 Å². The van der Waals surface area contributed by atoms with E-state index in [1.165, 1.54) is 5.56 Å². The second-order valence-electron chi connectivity index (χ2n) is 6.38. The maximum atomic E-state index is 5.85. The summed E-state index contributed by atoms with van der Waals surface area (Å²) in [5.74, 6) is 2.78. The SMILES string of the molecule is Cc1cc(C)nc(SCc2ccc(CNC(C)(C)C)o2)c1. The van der Waals surface area contributed by atoms with E-state index >= 15 is 0 Å². The van der Waals surface area contributed by atoms with Gasteiger partial charge in [-0.05, 0) is 64.4 Å². The van der Waals surface area contributed by atoms with Crippen LogP contribution in [0.25, 0.3) is 0 Å². The number of hydrogen-bond acceptors (Lipinski definition) is 4. The largest absolute Gasteiger partial charge is 0.464 e. The lowest BCUT2D eigenvalue weighted by Gasteiger charge is -2.19. The van der Waals surface area contributed by atoms with Gasteiger partial charge in [0.15, 0.2) is 0 Å². The molecule has 1 N–H and O–H groups in total. The van der Waals surface area contributed by atoms with E-state index in [0.29, 0.717) is 0 Å². The summed E-state index contributed by atoms with van der Waals surface area (Å²) in [6.45, 7) is 11.3. The molecule has 0 saturated heterocycles. The minimum Gasteiger partial charge on any atom is -0.464 e. The van der Waals surface area contributed by atoms with Crippen molar-refractivity contribution in [1.29, 1.82) is 0 Å². The minimum atomic E-state index is 0.102. The molecular formula is C17H24N2OS. The van der Waals surface area contributed by atoms with Crippen LogP contribution in [0.2, 0.25) is 0 Å².